The number of nitrogens with two attached hydrogens (primary N) is 1. The van der Waals surface area contributed by atoms with Crippen molar-refractivity contribution in [3.05, 3.63) is 28.2 Å². The second-order valence-corrected chi connectivity index (χ2v) is 4.28. The van der Waals surface area contributed by atoms with Gasteiger partial charge >= 0.3 is 0 Å². The van der Waals surface area contributed by atoms with Gasteiger partial charge in [0.25, 0.3) is 0 Å². The number of rotatable bonds is 1. The van der Waals surface area contributed by atoms with Gasteiger partial charge in [0.05, 0.1) is 0 Å². The zero-order chi connectivity index (χ0) is 9.42. The van der Waals surface area contributed by atoms with Crippen LogP contribution in [0.3, 0.4) is 0 Å². The molecule has 0 radical (unpaired) electrons. The zero-order valence-corrected chi connectivity index (χ0v) is 10.3. The summed E-state index contributed by atoms with van der Waals surface area (Å²) in [5, 5.41) is 0. The van der Waals surface area contributed by atoms with Gasteiger partial charge < -0.3 is 10.5 Å². The Morgan fingerprint density at radius 3 is 2.86 bits per heavy atom. The van der Waals surface area contributed by atoms with Gasteiger partial charge in [0.2, 0.25) is 0 Å². The maximum atomic E-state index is 5.68. The van der Waals surface area contributed by atoms with Crippen molar-refractivity contribution in [2.75, 3.05) is 6.54 Å². The summed E-state index contributed by atoms with van der Waals surface area (Å²) in [7, 11) is 0. The Morgan fingerprint density at radius 1 is 1.50 bits per heavy atom. The molecule has 2 rings (SSSR count). The fourth-order valence-corrected chi connectivity index (χ4v) is 2.08. The maximum absolute atomic E-state index is 5.68. The summed E-state index contributed by atoms with van der Waals surface area (Å²) in [6.45, 7) is 2.73. The van der Waals surface area contributed by atoms with E-state index in [-0.39, 0.29) is 18.5 Å². The lowest BCUT2D eigenvalue weighted by atomic mass is 9.98. The molecular formula is C10H13BrClNO. The Kier molecular flexibility index (Phi) is 3.81. The molecule has 0 bridgehead atoms. The summed E-state index contributed by atoms with van der Waals surface area (Å²) in [5.74, 6) is 1.38. The third kappa shape index (κ3) is 1.90. The number of benzene rings is 1. The topological polar surface area (TPSA) is 35.2 Å². The highest BCUT2D eigenvalue weighted by Crippen LogP contribution is 2.38. The Balaban J connectivity index is 0.000000980. The van der Waals surface area contributed by atoms with Crippen LogP contribution in [0.1, 0.15) is 18.4 Å². The molecule has 1 aromatic carbocycles. The zero-order valence-electron chi connectivity index (χ0n) is 7.87. The second-order valence-electron chi connectivity index (χ2n) is 3.36. The number of hydrogen-bond donors (Lipinski definition) is 1. The molecule has 0 aliphatic carbocycles. The molecular weight excluding hydrogens is 265 g/mol. The van der Waals surface area contributed by atoms with Crippen LogP contribution in [0.4, 0.5) is 0 Å². The number of halogens is 2. The molecule has 0 fully saturated rings. The molecule has 0 saturated carbocycles. The average molecular weight is 279 g/mol. The van der Waals surface area contributed by atoms with Crippen LogP contribution in [-0.2, 0) is 0 Å². The number of hydrogen-bond acceptors (Lipinski definition) is 2. The van der Waals surface area contributed by atoms with Crippen LogP contribution in [-0.4, -0.2) is 12.6 Å². The first-order valence-electron chi connectivity index (χ1n) is 4.38. The standard InChI is InChI=1S/C10H12BrNO.ClH/c1-6-8-4-7(11)2-3-9(8)13-10(6)5-12;/h2-4,6,10H,5,12H2,1H3;1H/t6-,10-;/m0./s1. The summed E-state index contributed by atoms with van der Waals surface area (Å²) in [4.78, 5) is 0. The van der Waals surface area contributed by atoms with Crippen molar-refractivity contribution in [3.63, 3.8) is 0 Å². The molecule has 0 aromatic heterocycles. The number of fused-ring (bicyclic) bond motifs is 1. The highest BCUT2D eigenvalue weighted by atomic mass is 79.9. The van der Waals surface area contributed by atoms with Gasteiger partial charge in [-0.15, -0.1) is 12.4 Å². The van der Waals surface area contributed by atoms with E-state index >= 15 is 0 Å². The van der Waals surface area contributed by atoms with Crippen LogP contribution in [0, 0.1) is 0 Å². The van der Waals surface area contributed by atoms with Crippen molar-refractivity contribution < 1.29 is 4.74 Å². The minimum absolute atomic E-state index is 0. The van der Waals surface area contributed by atoms with E-state index in [4.69, 9.17) is 10.5 Å². The van der Waals surface area contributed by atoms with Crippen molar-refractivity contribution in [2.24, 2.45) is 5.73 Å². The van der Waals surface area contributed by atoms with Crippen molar-refractivity contribution in [1.82, 2.24) is 0 Å². The van der Waals surface area contributed by atoms with E-state index in [0.717, 1.165) is 10.2 Å². The molecule has 0 unspecified atom stereocenters. The lowest BCUT2D eigenvalue weighted by Gasteiger charge is -2.11. The predicted molar refractivity (Wildman–Crippen MR) is 63.3 cm³/mol. The Morgan fingerprint density at radius 2 is 2.21 bits per heavy atom. The first kappa shape index (κ1) is 11.8. The van der Waals surface area contributed by atoms with Crippen LogP contribution >= 0.6 is 28.3 Å². The summed E-state index contributed by atoms with van der Waals surface area (Å²) in [5.41, 5.74) is 6.86. The van der Waals surface area contributed by atoms with Gasteiger partial charge in [0.1, 0.15) is 11.9 Å². The van der Waals surface area contributed by atoms with Crippen LogP contribution in [0.5, 0.6) is 5.75 Å². The molecule has 0 amide bonds. The minimum atomic E-state index is 0. The van der Waals surface area contributed by atoms with Crippen molar-refractivity contribution in [1.29, 1.82) is 0 Å². The first-order valence-corrected chi connectivity index (χ1v) is 5.18. The van der Waals surface area contributed by atoms with E-state index in [2.05, 4.69) is 28.9 Å². The Labute approximate surface area is 98.4 Å². The molecule has 78 valence electrons. The lowest BCUT2D eigenvalue weighted by Crippen LogP contribution is -2.26. The molecule has 0 spiro atoms. The van der Waals surface area contributed by atoms with Gasteiger partial charge in [0.15, 0.2) is 0 Å². The number of ether oxygens (including phenoxy) is 1. The molecule has 1 aliphatic heterocycles. The molecule has 4 heteroatoms. The van der Waals surface area contributed by atoms with Gasteiger partial charge in [-0.25, -0.2) is 0 Å². The molecule has 1 aliphatic rings. The van der Waals surface area contributed by atoms with Gasteiger partial charge in [-0.2, -0.15) is 0 Å². The maximum Gasteiger partial charge on any atom is 0.123 e. The van der Waals surface area contributed by atoms with E-state index in [0.29, 0.717) is 12.5 Å². The van der Waals surface area contributed by atoms with E-state index in [9.17, 15) is 0 Å². The highest BCUT2D eigenvalue weighted by Gasteiger charge is 2.29. The SMILES string of the molecule is C[C@H]1c2cc(Br)ccc2O[C@H]1CN.Cl. The highest BCUT2D eigenvalue weighted by molar-refractivity contribution is 9.10. The second kappa shape index (κ2) is 4.51. The first-order chi connectivity index (χ1) is 6.22. The summed E-state index contributed by atoms with van der Waals surface area (Å²) >= 11 is 3.45. The fourth-order valence-electron chi connectivity index (χ4n) is 1.70. The van der Waals surface area contributed by atoms with Crippen molar-refractivity contribution in [2.45, 2.75) is 18.9 Å². The molecule has 2 N–H and O–H groups in total. The Hall–Kier alpha value is -0.250. The Bertz CT molecular complexity index is 332. The third-order valence-electron chi connectivity index (χ3n) is 2.53. The molecule has 1 heterocycles. The van der Waals surface area contributed by atoms with Crippen LogP contribution in [0.15, 0.2) is 22.7 Å². The molecule has 14 heavy (non-hydrogen) atoms. The predicted octanol–water partition coefficient (Wildman–Crippen LogP) is 2.69. The molecule has 1 aromatic rings. The molecule has 2 nitrogen and oxygen atoms in total. The van der Waals surface area contributed by atoms with E-state index in [1.165, 1.54) is 5.56 Å². The van der Waals surface area contributed by atoms with Gasteiger partial charge in [-0.1, -0.05) is 22.9 Å². The van der Waals surface area contributed by atoms with E-state index < -0.39 is 0 Å². The van der Waals surface area contributed by atoms with E-state index in [1.807, 2.05) is 12.1 Å². The summed E-state index contributed by atoms with van der Waals surface area (Å²) in [6, 6.07) is 6.09. The minimum Gasteiger partial charge on any atom is -0.488 e. The van der Waals surface area contributed by atoms with Gasteiger partial charge in [-0.05, 0) is 18.2 Å². The molecule has 0 saturated heterocycles. The monoisotopic (exact) mass is 277 g/mol. The van der Waals surface area contributed by atoms with Gasteiger partial charge in [0, 0.05) is 22.5 Å². The van der Waals surface area contributed by atoms with Gasteiger partial charge in [-0.3, -0.25) is 0 Å². The largest absolute Gasteiger partial charge is 0.488 e. The summed E-state index contributed by atoms with van der Waals surface area (Å²) < 4.78 is 6.77. The van der Waals surface area contributed by atoms with Crippen molar-refractivity contribution >= 4 is 28.3 Å². The smallest absolute Gasteiger partial charge is 0.123 e. The fraction of sp³-hybridized carbons (Fsp3) is 0.400. The molecule has 2 atom stereocenters. The lowest BCUT2D eigenvalue weighted by molar-refractivity contribution is 0.219. The van der Waals surface area contributed by atoms with E-state index in [1.54, 1.807) is 0 Å². The van der Waals surface area contributed by atoms with Crippen molar-refractivity contribution in [3.8, 4) is 5.75 Å². The average Bonchev–Trinajstić information content (AvgIpc) is 2.44. The van der Waals surface area contributed by atoms with Crippen LogP contribution < -0.4 is 10.5 Å². The normalized spacial score (nSPS) is 23.6. The quantitative estimate of drug-likeness (QED) is 0.857. The van der Waals surface area contributed by atoms with Crippen LogP contribution in [0.2, 0.25) is 0 Å². The van der Waals surface area contributed by atoms with Crippen LogP contribution in [0.25, 0.3) is 0 Å². The summed E-state index contributed by atoms with van der Waals surface area (Å²) in [6.07, 6.45) is 0.143. The third-order valence-corrected chi connectivity index (χ3v) is 3.02.